The first-order valence-corrected chi connectivity index (χ1v) is 9.26. The lowest BCUT2D eigenvalue weighted by Crippen LogP contribution is -2.44. The second kappa shape index (κ2) is 9.34. The summed E-state index contributed by atoms with van der Waals surface area (Å²) < 4.78 is 10.4. The van der Waals surface area contributed by atoms with Gasteiger partial charge in [0.1, 0.15) is 5.75 Å². The molecule has 3 rings (SSSR count). The van der Waals surface area contributed by atoms with Gasteiger partial charge < -0.3 is 25.8 Å². The maximum atomic E-state index is 12.4. The van der Waals surface area contributed by atoms with Crippen LogP contribution in [0.25, 0.3) is 0 Å². The van der Waals surface area contributed by atoms with Gasteiger partial charge in [-0.1, -0.05) is 0 Å². The third kappa shape index (κ3) is 5.09. The molecule has 0 bridgehead atoms. The Morgan fingerprint density at radius 2 is 1.57 bits per heavy atom. The zero-order valence-electron chi connectivity index (χ0n) is 15.8. The van der Waals surface area contributed by atoms with Crippen LogP contribution in [0.4, 0.5) is 11.4 Å². The van der Waals surface area contributed by atoms with Gasteiger partial charge in [0.2, 0.25) is 5.91 Å². The smallest absolute Gasteiger partial charge is 0.255 e. The molecule has 4 N–H and O–H groups in total. The molecule has 1 heterocycles. The Labute approximate surface area is 164 Å². The van der Waals surface area contributed by atoms with Crippen molar-refractivity contribution in [3.8, 4) is 5.75 Å². The van der Waals surface area contributed by atoms with E-state index in [2.05, 4.69) is 10.6 Å². The number of hydrogen-bond acceptors (Lipinski definition) is 5. The summed E-state index contributed by atoms with van der Waals surface area (Å²) in [6.45, 7) is 1.29. The molecule has 0 aromatic heterocycles. The SMILES string of the molecule is COc1ccc(NC(=O)c2ccc(NC(=O)C(N)C3CCOCC3)cc2)cc1. The normalized spacial score (nSPS) is 15.5. The Morgan fingerprint density at radius 3 is 2.18 bits per heavy atom. The number of benzene rings is 2. The molecule has 0 spiro atoms. The second-order valence-corrected chi connectivity index (χ2v) is 6.72. The highest BCUT2D eigenvalue weighted by Crippen LogP contribution is 2.20. The zero-order valence-corrected chi connectivity index (χ0v) is 15.8. The molecule has 148 valence electrons. The van der Waals surface area contributed by atoms with Gasteiger partial charge >= 0.3 is 0 Å². The van der Waals surface area contributed by atoms with Gasteiger partial charge in [-0.2, -0.15) is 0 Å². The lowest BCUT2D eigenvalue weighted by Gasteiger charge is -2.26. The van der Waals surface area contributed by atoms with Crippen LogP contribution < -0.4 is 21.1 Å². The molecule has 7 nitrogen and oxygen atoms in total. The van der Waals surface area contributed by atoms with E-state index >= 15 is 0 Å². The summed E-state index contributed by atoms with van der Waals surface area (Å²) in [5.74, 6) is 0.393. The highest BCUT2D eigenvalue weighted by Gasteiger charge is 2.26. The van der Waals surface area contributed by atoms with Crippen molar-refractivity contribution in [1.82, 2.24) is 0 Å². The lowest BCUT2D eigenvalue weighted by atomic mass is 9.92. The number of nitrogens with two attached hydrogens (primary N) is 1. The molecule has 1 saturated heterocycles. The molecule has 1 fully saturated rings. The lowest BCUT2D eigenvalue weighted by molar-refractivity contribution is -0.119. The highest BCUT2D eigenvalue weighted by atomic mass is 16.5. The van der Waals surface area contributed by atoms with Crippen LogP contribution in [0.5, 0.6) is 5.75 Å². The van der Waals surface area contributed by atoms with Gasteiger partial charge in [-0.3, -0.25) is 9.59 Å². The molecule has 28 heavy (non-hydrogen) atoms. The Bertz CT molecular complexity index is 799. The fraction of sp³-hybridized carbons (Fsp3) is 0.333. The number of amides is 2. The van der Waals surface area contributed by atoms with E-state index in [0.29, 0.717) is 30.2 Å². The van der Waals surface area contributed by atoms with E-state index in [-0.39, 0.29) is 17.7 Å². The number of nitrogens with one attached hydrogen (secondary N) is 2. The Balaban J connectivity index is 1.56. The third-order valence-electron chi connectivity index (χ3n) is 4.84. The fourth-order valence-electron chi connectivity index (χ4n) is 3.10. The number of carbonyl (C=O) groups is 2. The third-order valence-corrected chi connectivity index (χ3v) is 4.84. The summed E-state index contributed by atoms with van der Waals surface area (Å²) in [7, 11) is 1.59. The number of hydrogen-bond donors (Lipinski definition) is 3. The average molecular weight is 383 g/mol. The zero-order chi connectivity index (χ0) is 19.9. The summed E-state index contributed by atoms with van der Waals surface area (Å²) in [6, 6.07) is 13.2. The van der Waals surface area contributed by atoms with Crippen molar-refractivity contribution in [1.29, 1.82) is 0 Å². The minimum atomic E-state index is -0.568. The van der Waals surface area contributed by atoms with E-state index in [0.717, 1.165) is 18.6 Å². The second-order valence-electron chi connectivity index (χ2n) is 6.72. The van der Waals surface area contributed by atoms with E-state index < -0.39 is 6.04 Å². The van der Waals surface area contributed by atoms with Crippen molar-refractivity contribution in [3.63, 3.8) is 0 Å². The Kier molecular flexibility index (Phi) is 6.62. The molecule has 0 saturated carbocycles. The first kappa shape index (κ1) is 19.9. The summed E-state index contributed by atoms with van der Waals surface area (Å²) in [6.07, 6.45) is 1.58. The summed E-state index contributed by atoms with van der Waals surface area (Å²) >= 11 is 0. The van der Waals surface area contributed by atoms with Crippen molar-refractivity contribution in [2.24, 2.45) is 11.7 Å². The van der Waals surface area contributed by atoms with Gasteiger partial charge in [0.15, 0.2) is 0 Å². The molecule has 2 amide bonds. The minimum Gasteiger partial charge on any atom is -0.497 e. The van der Waals surface area contributed by atoms with Gasteiger partial charge in [0, 0.05) is 30.2 Å². The van der Waals surface area contributed by atoms with Crippen molar-refractivity contribution in [2.75, 3.05) is 31.0 Å². The topological polar surface area (TPSA) is 103 Å². The predicted octanol–water partition coefficient (Wildman–Crippen LogP) is 2.64. The minimum absolute atomic E-state index is 0.128. The van der Waals surface area contributed by atoms with E-state index in [1.807, 2.05) is 0 Å². The quantitative estimate of drug-likeness (QED) is 0.712. The Morgan fingerprint density at radius 1 is 1.00 bits per heavy atom. The van der Waals surface area contributed by atoms with Crippen LogP contribution in [0.1, 0.15) is 23.2 Å². The number of methoxy groups -OCH3 is 1. The summed E-state index contributed by atoms with van der Waals surface area (Å²) in [5.41, 5.74) is 7.85. The standard InChI is InChI=1S/C21H25N3O4/c1-27-18-8-6-17(7-9-18)23-20(25)15-2-4-16(5-3-15)24-21(26)19(22)14-10-12-28-13-11-14/h2-9,14,19H,10-13,22H2,1H3,(H,23,25)(H,24,26). The molecule has 1 aliphatic heterocycles. The number of ether oxygens (including phenoxy) is 2. The molecule has 0 aliphatic carbocycles. The summed E-state index contributed by atoms with van der Waals surface area (Å²) in [5, 5.41) is 5.63. The van der Waals surface area contributed by atoms with Crippen LogP contribution in [0.3, 0.4) is 0 Å². The van der Waals surface area contributed by atoms with Crippen LogP contribution in [-0.2, 0) is 9.53 Å². The van der Waals surface area contributed by atoms with Gasteiger partial charge in [0.25, 0.3) is 5.91 Å². The van der Waals surface area contributed by atoms with Crippen LogP contribution >= 0.6 is 0 Å². The first-order valence-electron chi connectivity index (χ1n) is 9.26. The number of rotatable bonds is 6. The van der Waals surface area contributed by atoms with Crippen molar-refractivity contribution < 1.29 is 19.1 Å². The molecule has 1 atom stereocenters. The van der Waals surface area contributed by atoms with Crippen molar-refractivity contribution >= 4 is 23.2 Å². The fourth-order valence-corrected chi connectivity index (χ4v) is 3.10. The molecule has 2 aromatic carbocycles. The Hall–Kier alpha value is -2.90. The van der Waals surface area contributed by atoms with E-state index in [4.69, 9.17) is 15.2 Å². The number of anilines is 2. The number of carbonyl (C=O) groups excluding carboxylic acids is 2. The maximum Gasteiger partial charge on any atom is 0.255 e. The highest BCUT2D eigenvalue weighted by molar-refractivity contribution is 6.04. The predicted molar refractivity (Wildman–Crippen MR) is 108 cm³/mol. The van der Waals surface area contributed by atoms with Crippen molar-refractivity contribution in [2.45, 2.75) is 18.9 Å². The van der Waals surface area contributed by atoms with Gasteiger partial charge in [-0.15, -0.1) is 0 Å². The van der Waals surface area contributed by atoms with Crippen LogP contribution in [0.2, 0.25) is 0 Å². The molecule has 1 unspecified atom stereocenters. The molecular weight excluding hydrogens is 358 g/mol. The monoisotopic (exact) mass is 383 g/mol. The van der Waals surface area contributed by atoms with Crippen molar-refractivity contribution in [3.05, 3.63) is 54.1 Å². The largest absolute Gasteiger partial charge is 0.497 e. The average Bonchev–Trinajstić information content (AvgIpc) is 2.74. The molecule has 1 aliphatic rings. The maximum absolute atomic E-state index is 12.4. The molecule has 2 aromatic rings. The molecule has 0 radical (unpaired) electrons. The van der Waals surface area contributed by atoms with Gasteiger partial charge in [-0.25, -0.2) is 0 Å². The van der Waals surface area contributed by atoms with Crippen LogP contribution in [-0.4, -0.2) is 38.2 Å². The van der Waals surface area contributed by atoms with Crippen LogP contribution in [0.15, 0.2) is 48.5 Å². The van der Waals surface area contributed by atoms with E-state index in [9.17, 15) is 9.59 Å². The molecular formula is C21H25N3O4. The van der Waals surface area contributed by atoms with E-state index in [1.54, 1.807) is 55.6 Å². The molecule has 7 heteroatoms. The summed E-state index contributed by atoms with van der Waals surface area (Å²) in [4.78, 5) is 24.7. The van der Waals surface area contributed by atoms with Gasteiger partial charge in [-0.05, 0) is 67.3 Å². The van der Waals surface area contributed by atoms with Crippen LogP contribution in [0, 0.1) is 5.92 Å². The van der Waals surface area contributed by atoms with E-state index in [1.165, 1.54) is 0 Å². The first-order chi connectivity index (χ1) is 13.6. The van der Waals surface area contributed by atoms with Gasteiger partial charge in [0.05, 0.1) is 13.2 Å².